The molecule has 1 atom stereocenters. The Morgan fingerprint density at radius 3 is 2.44 bits per heavy atom. The van der Waals surface area contributed by atoms with E-state index in [4.69, 9.17) is 9.72 Å². The van der Waals surface area contributed by atoms with E-state index in [-0.39, 0.29) is 11.6 Å². The molecule has 1 unspecified atom stereocenters. The Kier molecular flexibility index (Phi) is 7.50. The number of benzene rings is 3. The number of methoxy groups -OCH3 is 1. The van der Waals surface area contributed by atoms with Gasteiger partial charge in [0.15, 0.2) is 0 Å². The van der Waals surface area contributed by atoms with E-state index in [1.54, 1.807) is 22.6 Å². The van der Waals surface area contributed by atoms with Crippen molar-refractivity contribution >= 4 is 22.6 Å². The highest BCUT2D eigenvalue weighted by Gasteiger charge is 2.27. The van der Waals surface area contributed by atoms with Crippen LogP contribution in [0.25, 0.3) is 16.6 Å². The number of hydrogen-bond donors (Lipinski definition) is 1. The molecule has 36 heavy (non-hydrogen) atoms. The van der Waals surface area contributed by atoms with Crippen molar-refractivity contribution in [3.8, 4) is 5.69 Å². The highest BCUT2D eigenvalue weighted by atomic mass is 16.5. The maximum atomic E-state index is 13.8. The van der Waals surface area contributed by atoms with E-state index in [2.05, 4.69) is 5.32 Å². The van der Waals surface area contributed by atoms with Crippen LogP contribution in [-0.2, 0) is 4.74 Å². The van der Waals surface area contributed by atoms with Crippen LogP contribution < -0.4 is 10.9 Å². The van der Waals surface area contributed by atoms with Gasteiger partial charge < -0.3 is 15.0 Å². The lowest BCUT2D eigenvalue weighted by Gasteiger charge is -2.30. The quantitative estimate of drug-likeness (QED) is 0.373. The minimum absolute atomic E-state index is 0.170. The number of hydrogen-bond acceptors (Lipinski definition) is 4. The van der Waals surface area contributed by atoms with Crippen molar-refractivity contribution < 1.29 is 9.53 Å². The topological polar surface area (TPSA) is 76.5 Å². The zero-order valence-corrected chi connectivity index (χ0v) is 21.4. The van der Waals surface area contributed by atoms with Gasteiger partial charge in [-0.2, -0.15) is 0 Å². The maximum Gasteiger partial charge on any atom is 0.322 e. The van der Waals surface area contributed by atoms with E-state index >= 15 is 0 Å². The molecule has 1 N–H and O–H groups in total. The Labute approximate surface area is 211 Å². The molecule has 0 saturated carbocycles. The van der Waals surface area contributed by atoms with Crippen molar-refractivity contribution in [1.82, 2.24) is 14.5 Å². The average molecular weight is 485 g/mol. The average Bonchev–Trinajstić information content (AvgIpc) is 2.87. The second-order valence-electron chi connectivity index (χ2n) is 9.00. The van der Waals surface area contributed by atoms with E-state index in [1.165, 1.54) is 0 Å². The fourth-order valence-corrected chi connectivity index (χ4v) is 4.24. The molecule has 0 fully saturated rings. The van der Waals surface area contributed by atoms with Crippen molar-refractivity contribution in [3.63, 3.8) is 0 Å². The van der Waals surface area contributed by atoms with Gasteiger partial charge in [-0.3, -0.25) is 9.36 Å². The smallest absolute Gasteiger partial charge is 0.322 e. The SMILES string of the molecule is COCCN(C(=O)Nc1ccccc1C)C(C)c1nc2ccccc2c(=O)n1-c1ccc(C)c(C)c1. The van der Waals surface area contributed by atoms with Gasteiger partial charge in [0.05, 0.1) is 29.2 Å². The number of anilines is 1. The largest absolute Gasteiger partial charge is 0.383 e. The van der Waals surface area contributed by atoms with Crippen LogP contribution in [0.4, 0.5) is 10.5 Å². The van der Waals surface area contributed by atoms with Crippen LogP contribution in [0.2, 0.25) is 0 Å². The first-order valence-corrected chi connectivity index (χ1v) is 12.0. The maximum absolute atomic E-state index is 13.8. The summed E-state index contributed by atoms with van der Waals surface area (Å²) in [6.07, 6.45) is 0. The monoisotopic (exact) mass is 484 g/mol. The zero-order chi connectivity index (χ0) is 25.8. The number of ether oxygens (including phenoxy) is 1. The number of aryl methyl sites for hydroxylation is 3. The summed E-state index contributed by atoms with van der Waals surface area (Å²) in [5, 5.41) is 3.54. The summed E-state index contributed by atoms with van der Waals surface area (Å²) < 4.78 is 6.93. The molecule has 3 aromatic carbocycles. The molecule has 0 radical (unpaired) electrons. The number of aromatic nitrogens is 2. The Morgan fingerprint density at radius 1 is 1.00 bits per heavy atom. The number of carbonyl (C=O) groups is 1. The third-order valence-corrected chi connectivity index (χ3v) is 6.58. The van der Waals surface area contributed by atoms with Crippen LogP contribution in [-0.4, -0.2) is 40.7 Å². The van der Waals surface area contributed by atoms with Crippen LogP contribution >= 0.6 is 0 Å². The first kappa shape index (κ1) is 25.1. The van der Waals surface area contributed by atoms with E-state index in [9.17, 15) is 9.59 Å². The lowest BCUT2D eigenvalue weighted by atomic mass is 10.1. The van der Waals surface area contributed by atoms with Crippen molar-refractivity contribution in [1.29, 1.82) is 0 Å². The summed E-state index contributed by atoms with van der Waals surface area (Å²) in [6, 6.07) is 20.0. The van der Waals surface area contributed by atoms with Crippen LogP contribution in [0.3, 0.4) is 0 Å². The van der Waals surface area contributed by atoms with Gasteiger partial charge in [0.2, 0.25) is 0 Å². The molecule has 0 saturated heterocycles. The second-order valence-corrected chi connectivity index (χ2v) is 9.00. The van der Waals surface area contributed by atoms with Gasteiger partial charge in [0.1, 0.15) is 5.82 Å². The van der Waals surface area contributed by atoms with E-state index in [0.29, 0.717) is 35.6 Å². The highest BCUT2D eigenvalue weighted by molar-refractivity contribution is 5.90. The Balaban J connectivity index is 1.85. The number of nitrogens with zero attached hydrogens (tertiary/aromatic N) is 3. The normalized spacial score (nSPS) is 11.9. The van der Waals surface area contributed by atoms with Crippen LogP contribution in [0, 0.1) is 20.8 Å². The number of para-hydroxylation sites is 2. The van der Waals surface area contributed by atoms with Crippen molar-refractivity contribution in [3.05, 3.63) is 99.6 Å². The molecule has 0 aliphatic heterocycles. The molecule has 1 aromatic heterocycles. The summed E-state index contributed by atoms with van der Waals surface area (Å²) >= 11 is 0. The molecule has 186 valence electrons. The summed E-state index contributed by atoms with van der Waals surface area (Å²) in [4.78, 5) is 33.9. The lowest BCUT2D eigenvalue weighted by molar-refractivity contribution is 0.137. The molecular formula is C29H32N4O3. The summed E-state index contributed by atoms with van der Waals surface area (Å²) in [5.74, 6) is 0.484. The van der Waals surface area contributed by atoms with E-state index in [0.717, 1.165) is 22.4 Å². The van der Waals surface area contributed by atoms with Crippen LogP contribution in [0.1, 0.15) is 35.5 Å². The number of nitrogens with one attached hydrogen (secondary N) is 1. The molecule has 0 spiro atoms. The highest BCUT2D eigenvalue weighted by Crippen LogP contribution is 2.25. The molecule has 0 bridgehead atoms. The number of amides is 2. The summed E-state index contributed by atoms with van der Waals surface area (Å²) in [7, 11) is 1.60. The molecule has 2 amide bonds. The summed E-state index contributed by atoms with van der Waals surface area (Å²) in [5.41, 5.74) is 5.03. The predicted octanol–water partition coefficient (Wildman–Crippen LogP) is 5.55. The van der Waals surface area contributed by atoms with Crippen molar-refractivity contribution in [2.24, 2.45) is 0 Å². The molecule has 7 heteroatoms. The van der Waals surface area contributed by atoms with Gasteiger partial charge in [-0.15, -0.1) is 0 Å². The Bertz CT molecular complexity index is 1460. The fraction of sp³-hybridized carbons (Fsp3) is 0.276. The minimum atomic E-state index is -0.525. The first-order valence-electron chi connectivity index (χ1n) is 12.0. The van der Waals surface area contributed by atoms with Gasteiger partial charge in [-0.05, 0) is 74.7 Å². The lowest BCUT2D eigenvalue weighted by Crippen LogP contribution is -2.41. The molecule has 0 aliphatic rings. The predicted molar refractivity (Wildman–Crippen MR) is 144 cm³/mol. The van der Waals surface area contributed by atoms with Crippen LogP contribution in [0.15, 0.2) is 71.5 Å². The van der Waals surface area contributed by atoms with Gasteiger partial charge in [-0.25, -0.2) is 9.78 Å². The molecule has 4 rings (SSSR count). The Morgan fingerprint density at radius 2 is 1.72 bits per heavy atom. The summed E-state index contributed by atoms with van der Waals surface area (Å²) in [6.45, 7) is 8.55. The van der Waals surface area contributed by atoms with Gasteiger partial charge in [-0.1, -0.05) is 36.4 Å². The minimum Gasteiger partial charge on any atom is -0.383 e. The molecular weight excluding hydrogens is 452 g/mol. The van der Waals surface area contributed by atoms with Crippen molar-refractivity contribution in [2.45, 2.75) is 33.7 Å². The number of urea groups is 1. The number of rotatable bonds is 7. The zero-order valence-electron chi connectivity index (χ0n) is 21.4. The molecule has 1 heterocycles. The van der Waals surface area contributed by atoms with Gasteiger partial charge in [0, 0.05) is 19.3 Å². The fourth-order valence-electron chi connectivity index (χ4n) is 4.24. The molecule has 0 aliphatic carbocycles. The third-order valence-electron chi connectivity index (χ3n) is 6.58. The Hall–Kier alpha value is -3.97. The van der Waals surface area contributed by atoms with E-state index in [1.807, 2.05) is 88.4 Å². The standard InChI is InChI=1S/C29H32N4O3/c1-19-14-15-23(18-21(19)3)33-27(30-26-13-9-7-11-24(26)28(33)34)22(4)32(16-17-36-5)29(35)31-25-12-8-6-10-20(25)2/h6-15,18,22H,16-17H2,1-5H3,(H,31,35). The number of carbonyl (C=O) groups excluding carboxylic acids is 1. The van der Waals surface area contributed by atoms with E-state index < -0.39 is 6.04 Å². The first-order chi connectivity index (χ1) is 17.3. The number of fused-ring (bicyclic) bond motifs is 1. The third kappa shape index (κ3) is 5.02. The van der Waals surface area contributed by atoms with Gasteiger partial charge in [0.25, 0.3) is 5.56 Å². The molecule has 4 aromatic rings. The molecule has 7 nitrogen and oxygen atoms in total. The van der Waals surface area contributed by atoms with Crippen molar-refractivity contribution in [2.75, 3.05) is 25.6 Å². The van der Waals surface area contributed by atoms with Crippen LogP contribution in [0.5, 0.6) is 0 Å². The second kappa shape index (κ2) is 10.7. The van der Waals surface area contributed by atoms with Gasteiger partial charge >= 0.3 is 6.03 Å².